The summed E-state index contributed by atoms with van der Waals surface area (Å²) in [6.45, 7) is 8.30. The molecule has 0 aliphatic carbocycles. The first-order chi connectivity index (χ1) is 12.3. The molecule has 0 saturated carbocycles. The molecular weight excluding hydrogens is 308 g/mol. The summed E-state index contributed by atoms with van der Waals surface area (Å²) >= 11 is 0. The minimum Gasteiger partial charge on any atom is -0.369 e. The zero-order valence-electron chi connectivity index (χ0n) is 15.4. The summed E-state index contributed by atoms with van der Waals surface area (Å²) in [7, 11) is 2.20. The Hall–Kier alpha value is -1.78. The van der Waals surface area contributed by atoms with E-state index in [1.165, 1.54) is 55.0 Å². The number of anilines is 1. The fraction of sp³-hybridized carbons (Fsp3) is 0.524. The lowest BCUT2D eigenvalue weighted by Gasteiger charge is -2.34. The molecule has 1 aromatic carbocycles. The van der Waals surface area contributed by atoms with E-state index in [4.69, 9.17) is 0 Å². The van der Waals surface area contributed by atoms with Crippen molar-refractivity contribution in [2.45, 2.75) is 19.3 Å². The van der Waals surface area contributed by atoms with Crippen LogP contribution in [0.2, 0.25) is 0 Å². The average Bonchev–Trinajstić information content (AvgIpc) is 3.33. The lowest BCUT2D eigenvalue weighted by atomic mass is 10.1. The Balaban J connectivity index is 1.36. The zero-order chi connectivity index (χ0) is 17.1. The molecule has 4 heteroatoms. The van der Waals surface area contributed by atoms with E-state index in [2.05, 4.69) is 63.3 Å². The molecule has 2 aliphatic rings. The van der Waals surface area contributed by atoms with Crippen molar-refractivity contribution < 1.29 is 0 Å². The summed E-state index contributed by atoms with van der Waals surface area (Å²) in [6, 6.07) is 11.4. The van der Waals surface area contributed by atoms with Crippen LogP contribution >= 0.6 is 0 Å². The second kappa shape index (κ2) is 7.63. The van der Waals surface area contributed by atoms with Crippen LogP contribution in [0.25, 0.3) is 11.1 Å². The van der Waals surface area contributed by atoms with Gasteiger partial charge >= 0.3 is 0 Å². The van der Waals surface area contributed by atoms with Crippen LogP contribution in [0.15, 0.2) is 36.5 Å². The number of rotatable bonds is 5. The SMILES string of the molecule is CN1CCN(c2ccc(-c3c[nH]c(CCN4CCCC4)c3)cc2)CC1. The topological polar surface area (TPSA) is 25.5 Å². The predicted octanol–water partition coefficient (Wildman–Crippen LogP) is 3.07. The third kappa shape index (κ3) is 4.07. The van der Waals surface area contributed by atoms with Crippen molar-refractivity contribution >= 4 is 5.69 Å². The van der Waals surface area contributed by atoms with E-state index in [1.807, 2.05) is 0 Å². The van der Waals surface area contributed by atoms with Gasteiger partial charge in [0.2, 0.25) is 0 Å². The molecule has 3 heterocycles. The first-order valence-electron chi connectivity index (χ1n) is 9.71. The van der Waals surface area contributed by atoms with E-state index < -0.39 is 0 Å². The summed E-state index contributed by atoms with van der Waals surface area (Å²) in [5, 5.41) is 0. The highest BCUT2D eigenvalue weighted by Gasteiger charge is 2.14. The smallest absolute Gasteiger partial charge is 0.0367 e. The molecule has 0 bridgehead atoms. The largest absolute Gasteiger partial charge is 0.369 e. The van der Waals surface area contributed by atoms with Crippen LogP contribution in [0.4, 0.5) is 5.69 Å². The van der Waals surface area contributed by atoms with E-state index in [0.29, 0.717) is 0 Å². The normalized spacial score (nSPS) is 19.6. The minimum absolute atomic E-state index is 1.12. The van der Waals surface area contributed by atoms with Gasteiger partial charge in [0.05, 0.1) is 0 Å². The quantitative estimate of drug-likeness (QED) is 0.907. The summed E-state index contributed by atoms with van der Waals surface area (Å²) < 4.78 is 0. The van der Waals surface area contributed by atoms with Crippen molar-refractivity contribution in [1.29, 1.82) is 0 Å². The molecular formula is C21H30N4. The van der Waals surface area contributed by atoms with Crippen molar-refractivity contribution in [3.8, 4) is 11.1 Å². The molecule has 1 N–H and O–H groups in total. The molecule has 0 atom stereocenters. The molecule has 4 rings (SSSR count). The standard InChI is InChI=1S/C21H30N4/c1-23-12-14-25(15-13-23)21-6-4-18(5-7-21)19-16-20(22-17-19)8-11-24-9-2-3-10-24/h4-7,16-17,22H,2-3,8-15H2,1H3. The van der Waals surface area contributed by atoms with Gasteiger partial charge in [-0.25, -0.2) is 0 Å². The van der Waals surface area contributed by atoms with Gasteiger partial charge in [0, 0.05) is 56.7 Å². The first kappa shape index (κ1) is 16.7. The number of H-pyrrole nitrogens is 1. The predicted molar refractivity (Wildman–Crippen MR) is 105 cm³/mol. The van der Waals surface area contributed by atoms with E-state index >= 15 is 0 Å². The molecule has 0 amide bonds. The van der Waals surface area contributed by atoms with Gasteiger partial charge < -0.3 is 19.7 Å². The zero-order valence-corrected chi connectivity index (χ0v) is 15.4. The summed E-state index contributed by atoms with van der Waals surface area (Å²) in [4.78, 5) is 10.9. The van der Waals surface area contributed by atoms with Gasteiger partial charge in [-0.3, -0.25) is 0 Å². The Labute approximate surface area is 151 Å². The van der Waals surface area contributed by atoms with Crippen molar-refractivity contribution in [3.63, 3.8) is 0 Å². The first-order valence-corrected chi connectivity index (χ1v) is 9.71. The maximum atomic E-state index is 3.47. The fourth-order valence-electron chi connectivity index (χ4n) is 3.97. The monoisotopic (exact) mass is 338 g/mol. The Morgan fingerprint density at radius 1 is 0.880 bits per heavy atom. The number of aromatic nitrogens is 1. The van der Waals surface area contributed by atoms with Gasteiger partial charge in [-0.15, -0.1) is 0 Å². The Morgan fingerprint density at radius 2 is 1.60 bits per heavy atom. The van der Waals surface area contributed by atoms with Crippen molar-refractivity contribution in [2.24, 2.45) is 0 Å². The van der Waals surface area contributed by atoms with Crippen LogP contribution in [-0.4, -0.2) is 67.6 Å². The number of hydrogen-bond donors (Lipinski definition) is 1. The molecule has 25 heavy (non-hydrogen) atoms. The number of likely N-dealkylation sites (tertiary alicyclic amines) is 1. The van der Waals surface area contributed by atoms with Crippen LogP contribution in [0.5, 0.6) is 0 Å². The Bertz CT molecular complexity index is 661. The van der Waals surface area contributed by atoms with E-state index in [1.54, 1.807) is 0 Å². The number of piperazine rings is 1. The third-order valence-corrected chi connectivity index (χ3v) is 5.71. The fourth-order valence-corrected chi connectivity index (χ4v) is 3.97. The molecule has 134 valence electrons. The minimum atomic E-state index is 1.12. The van der Waals surface area contributed by atoms with Crippen LogP contribution in [0.1, 0.15) is 18.5 Å². The molecule has 0 spiro atoms. The van der Waals surface area contributed by atoms with E-state index in [9.17, 15) is 0 Å². The number of nitrogens with one attached hydrogen (secondary N) is 1. The average molecular weight is 338 g/mol. The highest BCUT2D eigenvalue weighted by atomic mass is 15.2. The van der Waals surface area contributed by atoms with Crippen LogP contribution in [0, 0.1) is 0 Å². The van der Waals surface area contributed by atoms with Crippen molar-refractivity contribution in [1.82, 2.24) is 14.8 Å². The van der Waals surface area contributed by atoms with Crippen LogP contribution in [-0.2, 0) is 6.42 Å². The molecule has 4 nitrogen and oxygen atoms in total. The Kier molecular flexibility index (Phi) is 5.09. The highest BCUT2D eigenvalue weighted by molar-refractivity contribution is 5.66. The van der Waals surface area contributed by atoms with Crippen molar-refractivity contribution in [3.05, 3.63) is 42.2 Å². The van der Waals surface area contributed by atoms with E-state index in [0.717, 1.165) is 32.6 Å². The number of nitrogens with zero attached hydrogens (tertiary/aromatic N) is 3. The number of hydrogen-bond acceptors (Lipinski definition) is 3. The van der Waals surface area contributed by atoms with Gasteiger partial charge in [-0.05, 0) is 62.3 Å². The Morgan fingerprint density at radius 3 is 2.32 bits per heavy atom. The molecule has 1 aromatic heterocycles. The number of aromatic amines is 1. The molecule has 2 saturated heterocycles. The lowest BCUT2D eigenvalue weighted by molar-refractivity contribution is 0.313. The van der Waals surface area contributed by atoms with Crippen LogP contribution in [0.3, 0.4) is 0 Å². The van der Waals surface area contributed by atoms with E-state index in [-0.39, 0.29) is 0 Å². The maximum Gasteiger partial charge on any atom is 0.0367 e. The van der Waals surface area contributed by atoms with Gasteiger partial charge in [-0.2, -0.15) is 0 Å². The second-order valence-corrected chi connectivity index (χ2v) is 7.55. The molecule has 0 unspecified atom stereocenters. The maximum absolute atomic E-state index is 3.47. The molecule has 2 fully saturated rings. The molecule has 0 radical (unpaired) electrons. The summed E-state index contributed by atoms with van der Waals surface area (Å²) in [6.07, 6.45) is 6.02. The number of likely N-dealkylation sites (N-methyl/N-ethyl adjacent to an activating group) is 1. The number of benzene rings is 1. The van der Waals surface area contributed by atoms with Gasteiger partial charge in [-0.1, -0.05) is 12.1 Å². The van der Waals surface area contributed by atoms with Crippen LogP contribution < -0.4 is 4.90 Å². The van der Waals surface area contributed by atoms with Gasteiger partial charge in [0.1, 0.15) is 0 Å². The second-order valence-electron chi connectivity index (χ2n) is 7.55. The van der Waals surface area contributed by atoms with Crippen molar-refractivity contribution in [2.75, 3.05) is 57.8 Å². The lowest BCUT2D eigenvalue weighted by Crippen LogP contribution is -2.44. The molecule has 2 aliphatic heterocycles. The summed E-state index contributed by atoms with van der Waals surface area (Å²) in [5.74, 6) is 0. The summed E-state index contributed by atoms with van der Waals surface area (Å²) in [5.41, 5.74) is 5.31. The van der Waals surface area contributed by atoms with Gasteiger partial charge in [0.25, 0.3) is 0 Å². The highest BCUT2D eigenvalue weighted by Crippen LogP contribution is 2.25. The molecule has 2 aromatic rings. The third-order valence-electron chi connectivity index (χ3n) is 5.71. The van der Waals surface area contributed by atoms with Gasteiger partial charge in [0.15, 0.2) is 0 Å².